The van der Waals surface area contributed by atoms with Crippen molar-refractivity contribution in [3.8, 4) is 0 Å². The highest BCUT2D eigenvalue weighted by molar-refractivity contribution is 7.99. The van der Waals surface area contributed by atoms with Crippen molar-refractivity contribution in [2.24, 2.45) is 0 Å². The molecular weight excluding hydrogens is 235 g/mol. The summed E-state index contributed by atoms with van der Waals surface area (Å²) in [6, 6.07) is 5.79. The van der Waals surface area contributed by atoms with Crippen LogP contribution in [-0.4, -0.2) is 17.3 Å². The Labute approximate surface area is 107 Å². The number of carbonyl (C=O) groups excluding carboxylic acids is 1. The van der Waals surface area contributed by atoms with Crippen molar-refractivity contribution in [1.29, 1.82) is 0 Å². The molecule has 1 aromatic rings. The van der Waals surface area contributed by atoms with E-state index in [0.717, 1.165) is 12.2 Å². The molecule has 0 heterocycles. The first-order valence-electron chi connectivity index (χ1n) is 6.10. The second-order valence-electron chi connectivity index (χ2n) is 4.00. The first-order chi connectivity index (χ1) is 8.24. The molecule has 0 amide bonds. The second-order valence-corrected chi connectivity index (χ2v) is 5.22. The van der Waals surface area contributed by atoms with Gasteiger partial charge in [0.05, 0.1) is 0 Å². The number of hydrogen-bond donors (Lipinski definition) is 0. The molecule has 0 saturated heterocycles. The number of halogens is 1. The van der Waals surface area contributed by atoms with Crippen LogP contribution in [-0.2, 0) is 0 Å². The van der Waals surface area contributed by atoms with E-state index >= 15 is 0 Å². The maximum Gasteiger partial charge on any atom is 0.162 e. The van der Waals surface area contributed by atoms with Gasteiger partial charge in [0.2, 0.25) is 0 Å². The number of unbranched alkanes of at least 4 members (excludes halogenated alkanes) is 1. The molecule has 94 valence electrons. The highest BCUT2D eigenvalue weighted by atomic mass is 32.2. The fraction of sp³-hybridized carbons (Fsp3) is 0.500. The molecule has 0 unspecified atom stereocenters. The molecule has 3 heteroatoms. The summed E-state index contributed by atoms with van der Waals surface area (Å²) in [6.45, 7) is 2.18. The molecule has 17 heavy (non-hydrogen) atoms. The van der Waals surface area contributed by atoms with E-state index in [1.165, 1.54) is 30.7 Å². The van der Waals surface area contributed by atoms with E-state index in [4.69, 9.17) is 0 Å². The van der Waals surface area contributed by atoms with Crippen LogP contribution in [0.4, 0.5) is 4.39 Å². The van der Waals surface area contributed by atoms with E-state index in [9.17, 15) is 9.18 Å². The molecule has 0 bridgehead atoms. The van der Waals surface area contributed by atoms with Gasteiger partial charge in [-0.3, -0.25) is 4.79 Å². The van der Waals surface area contributed by atoms with Crippen LogP contribution in [0.3, 0.4) is 0 Å². The third-order valence-corrected chi connectivity index (χ3v) is 3.66. The minimum absolute atomic E-state index is 0.112. The van der Waals surface area contributed by atoms with Gasteiger partial charge in [-0.2, -0.15) is 11.8 Å². The average molecular weight is 254 g/mol. The molecule has 1 nitrogen and oxygen atoms in total. The normalized spacial score (nSPS) is 10.5. The summed E-state index contributed by atoms with van der Waals surface area (Å²) in [5, 5.41) is 0. The smallest absolute Gasteiger partial charge is 0.162 e. The lowest BCUT2D eigenvalue weighted by atomic mass is 10.1. The summed E-state index contributed by atoms with van der Waals surface area (Å²) in [6.07, 6.45) is 3.94. The molecule has 0 saturated carbocycles. The SMILES string of the molecule is CCCCSCCCC(=O)c1ccc(F)cc1. The zero-order valence-corrected chi connectivity index (χ0v) is 11.1. The molecule has 0 fully saturated rings. The van der Waals surface area contributed by atoms with E-state index in [1.807, 2.05) is 11.8 Å². The standard InChI is InChI=1S/C14H19FOS/c1-2-3-10-17-11-4-5-14(16)12-6-8-13(15)9-7-12/h6-9H,2-5,10-11H2,1H3. The molecule has 0 aliphatic rings. The maximum absolute atomic E-state index is 12.7. The van der Waals surface area contributed by atoms with Crippen LogP contribution in [0.2, 0.25) is 0 Å². The predicted molar refractivity (Wildman–Crippen MR) is 72.2 cm³/mol. The Hall–Kier alpha value is -0.830. The van der Waals surface area contributed by atoms with Gasteiger partial charge in [-0.05, 0) is 48.6 Å². The van der Waals surface area contributed by atoms with Gasteiger partial charge in [0.1, 0.15) is 5.82 Å². The van der Waals surface area contributed by atoms with Crippen molar-refractivity contribution in [3.63, 3.8) is 0 Å². The van der Waals surface area contributed by atoms with Gasteiger partial charge >= 0.3 is 0 Å². The van der Waals surface area contributed by atoms with Crippen molar-refractivity contribution in [2.45, 2.75) is 32.6 Å². The molecule has 0 N–H and O–H groups in total. The Bertz CT molecular complexity index is 335. The van der Waals surface area contributed by atoms with Crippen LogP contribution in [0.5, 0.6) is 0 Å². The van der Waals surface area contributed by atoms with Gasteiger partial charge < -0.3 is 0 Å². The Morgan fingerprint density at radius 3 is 2.47 bits per heavy atom. The quantitative estimate of drug-likeness (QED) is 0.507. The van der Waals surface area contributed by atoms with Crippen molar-refractivity contribution >= 4 is 17.5 Å². The summed E-state index contributed by atoms with van der Waals surface area (Å²) in [7, 11) is 0. The van der Waals surface area contributed by atoms with Crippen LogP contribution < -0.4 is 0 Å². The minimum atomic E-state index is -0.295. The lowest BCUT2D eigenvalue weighted by molar-refractivity contribution is 0.0982. The van der Waals surface area contributed by atoms with Gasteiger partial charge in [-0.1, -0.05) is 13.3 Å². The molecule has 0 aliphatic carbocycles. The van der Waals surface area contributed by atoms with Gasteiger partial charge in [0, 0.05) is 12.0 Å². The van der Waals surface area contributed by atoms with E-state index in [-0.39, 0.29) is 11.6 Å². The summed E-state index contributed by atoms with van der Waals surface area (Å²) < 4.78 is 12.7. The number of rotatable bonds is 8. The number of benzene rings is 1. The molecule has 0 atom stereocenters. The summed E-state index contributed by atoms with van der Waals surface area (Å²) in [5.41, 5.74) is 0.616. The minimum Gasteiger partial charge on any atom is -0.294 e. The van der Waals surface area contributed by atoms with Crippen LogP contribution in [0, 0.1) is 5.82 Å². The Morgan fingerprint density at radius 1 is 1.18 bits per heavy atom. The Morgan fingerprint density at radius 2 is 1.82 bits per heavy atom. The first kappa shape index (κ1) is 14.2. The largest absolute Gasteiger partial charge is 0.294 e. The number of thioether (sulfide) groups is 1. The molecule has 0 aromatic heterocycles. The Balaban J connectivity index is 2.19. The second kappa shape index (κ2) is 8.29. The zero-order chi connectivity index (χ0) is 12.5. The summed E-state index contributed by atoms with van der Waals surface area (Å²) >= 11 is 1.91. The molecule has 0 aliphatic heterocycles. The number of hydrogen-bond acceptors (Lipinski definition) is 2. The van der Waals surface area contributed by atoms with Crippen molar-refractivity contribution in [3.05, 3.63) is 35.6 Å². The monoisotopic (exact) mass is 254 g/mol. The van der Waals surface area contributed by atoms with Crippen molar-refractivity contribution in [2.75, 3.05) is 11.5 Å². The van der Waals surface area contributed by atoms with Crippen LogP contribution in [0.25, 0.3) is 0 Å². The maximum atomic E-state index is 12.7. The van der Waals surface area contributed by atoms with Crippen molar-refractivity contribution in [1.82, 2.24) is 0 Å². The zero-order valence-electron chi connectivity index (χ0n) is 10.2. The van der Waals surface area contributed by atoms with Gasteiger partial charge in [-0.15, -0.1) is 0 Å². The third-order valence-electron chi connectivity index (χ3n) is 2.50. The van der Waals surface area contributed by atoms with Crippen LogP contribution >= 0.6 is 11.8 Å². The summed E-state index contributed by atoms with van der Waals surface area (Å²) in [5.74, 6) is 2.03. The van der Waals surface area contributed by atoms with E-state index < -0.39 is 0 Å². The first-order valence-corrected chi connectivity index (χ1v) is 7.26. The van der Waals surface area contributed by atoms with E-state index in [1.54, 1.807) is 12.1 Å². The van der Waals surface area contributed by atoms with Crippen molar-refractivity contribution < 1.29 is 9.18 Å². The number of carbonyl (C=O) groups is 1. The topological polar surface area (TPSA) is 17.1 Å². The number of ketones is 1. The molecule has 0 radical (unpaired) electrons. The van der Waals surface area contributed by atoms with E-state index in [2.05, 4.69) is 6.92 Å². The summed E-state index contributed by atoms with van der Waals surface area (Å²) in [4.78, 5) is 11.7. The average Bonchev–Trinajstić information content (AvgIpc) is 2.34. The lowest BCUT2D eigenvalue weighted by Crippen LogP contribution is -1.99. The Kier molecular flexibility index (Phi) is 6.94. The molecule has 1 aromatic carbocycles. The fourth-order valence-electron chi connectivity index (χ4n) is 1.46. The lowest BCUT2D eigenvalue weighted by Gasteiger charge is -2.01. The third kappa shape index (κ3) is 5.87. The highest BCUT2D eigenvalue weighted by Gasteiger charge is 2.05. The molecular formula is C14H19FOS. The predicted octanol–water partition coefficient (Wildman–Crippen LogP) is 4.32. The van der Waals surface area contributed by atoms with Gasteiger partial charge in [0.25, 0.3) is 0 Å². The molecule has 0 spiro atoms. The number of Topliss-reactive ketones (excluding diaryl/α,β-unsaturated/α-hetero) is 1. The fourth-order valence-corrected chi connectivity index (χ4v) is 2.51. The highest BCUT2D eigenvalue weighted by Crippen LogP contribution is 2.11. The van der Waals surface area contributed by atoms with Gasteiger partial charge in [0.15, 0.2) is 5.78 Å². The van der Waals surface area contributed by atoms with Crippen LogP contribution in [0.15, 0.2) is 24.3 Å². The molecule has 1 rings (SSSR count). The van der Waals surface area contributed by atoms with E-state index in [0.29, 0.717) is 12.0 Å². The van der Waals surface area contributed by atoms with Gasteiger partial charge in [-0.25, -0.2) is 4.39 Å². The van der Waals surface area contributed by atoms with Crippen LogP contribution in [0.1, 0.15) is 43.0 Å².